The highest BCUT2D eigenvalue weighted by molar-refractivity contribution is 5.94. The number of carbonyl (C=O) groups excluding carboxylic acids is 1. The number of carbonyl (C=O) groups is 1. The van der Waals surface area contributed by atoms with E-state index in [9.17, 15) is 4.79 Å². The molecule has 0 bridgehead atoms. The Hall–Kier alpha value is -1.39. The molecule has 4 nitrogen and oxygen atoms in total. The summed E-state index contributed by atoms with van der Waals surface area (Å²) in [5, 5.41) is 3.25. The van der Waals surface area contributed by atoms with Crippen molar-refractivity contribution in [1.82, 2.24) is 4.90 Å². The maximum absolute atomic E-state index is 12.8. The summed E-state index contributed by atoms with van der Waals surface area (Å²) < 4.78 is 6.34. The first-order valence-electron chi connectivity index (χ1n) is 11.7. The van der Waals surface area contributed by atoms with E-state index in [1.807, 2.05) is 0 Å². The van der Waals surface area contributed by atoms with E-state index in [4.69, 9.17) is 4.74 Å². The Morgan fingerprint density at radius 3 is 2.07 bits per heavy atom. The van der Waals surface area contributed by atoms with Gasteiger partial charge in [0.05, 0.1) is 18.8 Å². The van der Waals surface area contributed by atoms with Crippen molar-refractivity contribution in [3.63, 3.8) is 0 Å². The van der Waals surface area contributed by atoms with E-state index in [0.717, 1.165) is 31.6 Å². The molecule has 1 N–H and O–H groups in total. The standard InChI is InChI=1S/C25H40N2O2/c1-18(2)22-11-8-12-23(19(3)4)25(22)26-24(28)17-27-15-13-21(14-16-27)29-20-9-6-5-7-10-20/h8,11-12,18-21H,5-7,9-10,13-17H2,1-4H3,(H,26,28). The molecule has 162 valence electrons. The van der Waals surface area contributed by atoms with Crippen LogP contribution in [-0.4, -0.2) is 42.6 Å². The summed E-state index contributed by atoms with van der Waals surface area (Å²) in [5.41, 5.74) is 3.48. The van der Waals surface area contributed by atoms with Gasteiger partial charge in [-0.1, -0.05) is 65.2 Å². The largest absolute Gasteiger partial charge is 0.375 e. The van der Waals surface area contributed by atoms with E-state index in [0.29, 0.717) is 30.6 Å². The van der Waals surface area contributed by atoms with E-state index in [1.54, 1.807) is 0 Å². The number of hydrogen-bond acceptors (Lipinski definition) is 3. The zero-order valence-corrected chi connectivity index (χ0v) is 18.9. The summed E-state index contributed by atoms with van der Waals surface area (Å²) in [5.74, 6) is 0.875. The zero-order valence-electron chi connectivity index (χ0n) is 18.9. The molecule has 0 radical (unpaired) electrons. The lowest BCUT2D eigenvalue weighted by Crippen LogP contribution is -2.42. The van der Waals surface area contributed by atoms with Crippen molar-refractivity contribution < 1.29 is 9.53 Å². The summed E-state index contributed by atoms with van der Waals surface area (Å²) in [7, 11) is 0. The lowest BCUT2D eigenvalue weighted by Gasteiger charge is -2.34. The molecule has 29 heavy (non-hydrogen) atoms. The minimum absolute atomic E-state index is 0.103. The van der Waals surface area contributed by atoms with E-state index in [-0.39, 0.29) is 5.91 Å². The molecule has 1 aromatic rings. The molecule has 3 rings (SSSR count). The Bertz CT molecular complexity index is 631. The number of nitrogens with zero attached hydrogens (tertiary/aromatic N) is 1. The van der Waals surface area contributed by atoms with Gasteiger partial charge < -0.3 is 10.1 Å². The molecule has 1 aliphatic heterocycles. The molecule has 1 aromatic carbocycles. The number of rotatable bonds is 7. The molecule has 1 saturated carbocycles. The van der Waals surface area contributed by atoms with Gasteiger partial charge >= 0.3 is 0 Å². The molecule has 0 unspecified atom stereocenters. The molecule has 1 aliphatic carbocycles. The normalized spacial score (nSPS) is 19.8. The van der Waals surface area contributed by atoms with Gasteiger partial charge in [0.25, 0.3) is 0 Å². The third kappa shape index (κ3) is 6.29. The predicted octanol–water partition coefficient (Wildman–Crippen LogP) is 5.69. The summed E-state index contributed by atoms with van der Waals surface area (Å²) in [6.45, 7) is 11.1. The quantitative estimate of drug-likeness (QED) is 0.640. The Morgan fingerprint density at radius 2 is 1.52 bits per heavy atom. The molecule has 1 saturated heterocycles. The molecule has 0 atom stereocenters. The van der Waals surface area contributed by atoms with Crippen molar-refractivity contribution in [3.05, 3.63) is 29.3 Å². The van der Waals surface area contributed by atoms with Crippen molar-refractivity contribution in [1.29, 1.82) is 0 Å². The SMILES string of the molecule is CC(C)c1cccc(C(C)C)c1NC(=O)CN1CCC(OC2CCCCC2)CC1. The smallest absolute Gasteiger partial charge is 0.238 e. The fourth-order valence-electron chi connectivity index (χ4n) is 4.75. The number of benzene rings is 1. The van der Waals surface area contributed by atoms with Crippen molar-refractivity contribution in [2.75, 3.05) is 25.0 Å². The summed E-state index contributed by atoms with van der Waals surface area (Å²) >= 11 is 0. The Kier molecular flexibility index (Phi) is 8.14. The number of para-hydroxylation sites is 1. The number of amides is 1. The molecule has 2 fully saturated rings. The summed E-state index contributed by atoms with van der Waals surface area (Å²) in [4.78, 5) is 15.1. The zero-order chi connectivity index (χ0) is 20.8. The first-order valence-corrected chi connectivity index (χ1v) is 11.7. The van der Waals surface area contributed by atoms with Gasteiger partial charge in [-0.2, -0.15) is 0 Å². The molecule has 0 aromatic heterocycles. The molecule has 4 heteroatoms. The fourth-order valence-corrected chi connectivity index (χ4v) is 4.75. The van der Waals surface area contributed by atoms with Gasteiger partial charge in [0.2, 0.25) is 5.91 Å². The summed E-state index contributed by atoms with van der Waals surface area (Å²) in [6.07, 6.45) is 9.42. The van der Waals surface area contributed by atoms with Crippen molar-refractivity contribution in [2.45, 2.75) is 96.7 Å². The maximum atomic E-state index is 12.8. The first-order chi connectivity index (χ1) is 13.9. The number of anilines is 1. The minimum atomic E-state index is 0.103. The minimum Gasteiger partial charge on any atom is -0.375 e. The van der Waals surface area contributed by atoms with Crippen LogP contribution in [0.15, 0.2) is 18.2 Å². The molecule has 1 amide bonds. The Morgan fingerprint density at radius 1 is 0.966 bits per heavy atom. The van der Waals surface area contributed by atoms with Crippen LogP contribution in [-0.2, 0) is 9.53 Å². The average Bonchev–Trinajstić information content (AvgIpc) is 2.70. The number of likely N-dealkylation sites (tertiary alicyclic amines) is 1. The molecular formula is C25H40N2O2. The number of nitrogens with one attached hydrogen (secondary N) is 1. The van der Waals surface area contributed by atoms with E-state index in [1.165, 1.54) is 43.2 Å². The van der Waals surface area contributed by atoms with Gasteiger partial charge in [0.1, 0.15) is 0 Å². The lowest BCUT2D eigenvalue weighted by atomic mass is 9.92. The Balaban J connectivity index is 1.52. The van der Waals surface area contributed by atoms with Gasteiger partial charge in [0.15, 0.2) is 0 Å². The molecular weight excluding hydrogens is 360 g/mol. The van der Waals surface area contributed by atoms with Crippen LogP contribution in [0.25, 0.3) is 0 Å². The van der Waals surface area contributed by atoms with E-state index >= 15 is 0 Å². The third-order valence-electron chi connectivity index (χ3n) is 6.48. The van der Waals surface area contributed by atoms with Crippen LogP contribution in [0, 0.1) is 0 Å². The van der Waals surface area contributed by atoms with Crippen molar-refractivity contribution >= 4 is 11.6 Å². The topological polar surface area (TPSA) is 41.6 Å². The van der Waals surface area contributed by atoms with Gasteiger partial charge in [-0.15, -0.1) is 0 Å². The van der Waals surface area contributed by atoms with Crippen molar-refractivity contribution in [3.8, 4) is 0 Å². The summed E-state index contributed by atoms with van der Waals surface area (Å²) in [6, 6.07) is 6.39. The average molecular weight is 401 g/mol. The second kappa shape index (κ2) is 10.6. The lowest BCUT2D eigenvalue weighted by molar-refractivity contribution is -0.118. The van der Waals surface area contributed by atoms with E-state index in [2.05, 4.69) is 56.1 Å². The second-order valence-corrected chi connectivity index (χ2v) is 9.54. The highest BCUT2D eigenvalue weighted by Gasteiger charge is 2.25. The van der Waals surface area contributed by atoms with Crippen LogP contribution >= 0.6 is 0 Å². The number of piperidine rings is 1. The van der Waals surface area contributed by atoms with Crippen LogP contribution < -0.4 is 5.32 Å². The van der Waals surface area contributed by atoms with Gasteiger partial charge in [0, 0.05) is 18.8 Å². The van der Waals surface area contributed by atoms with E-state index < -0.39 is 0 Å². The van der Waals surface area contributed by atoms with Gasteiger partial charge in [-0.25, -0.2) is 0 Å². The highest BCUT2D eigenvalue weighted by Crippen LogP contribution is 2.32. The van der Waals surface area contributed by atoms with Crippen LogP contribution in [0.5, 0.6) is 0 Å². The van der Waals surface area contributed by atoms with Gasteiger partial charge in [-0.05, 0) is 48.6 Å². The van der Waals surface area contributed by atoms with Crippen molar-refractivity contribution in [2.24, 2.45) is 0 Å². The van der Waals surface area contributed by atoms with Crippen LogP contribution in [0.2, 0.25) is 0 Å². The van der Waals surface area contributed by atoms with Crippen LogP contribution in [0.3, 0.4) is 0 Å². The van der Waals surface area contributed by atoms with Gasteiger partial charge in [-0.3, -0.25) is 9.69 Å². The molecule has 1 heterocycles. The molecule has 0 spiro atoms. The third-order valence-corrected chi connectivity index (χ3v) is 6.48. The van der Waals surface area contributed by atoms with Crippen LogP contribution in [0.4, 0.5) is 5.69 Å². The molecule has 2 aliphatic rings. The first kappa shape index (κ1) is 22.3. The Labute approximate surface area is 177 Å². The van der Waals surface area contributed by atoms with Crippen LogP contribution in [0.1, 0.15) is 95.6 Å². The highest BCUT2D eigenvalue weighted by atomic mass is 16.5. The number of ether oxygens (including phenoxy) is 1. The number of hydrogen-bond donors (Lipinski definition) is 1. The second-order valence-electron chi connectivity index (χ2n) is 9.54. The fraction of sp³-hybridized carbons (Fsp3) is 0.720. The monoisotopic (exact) mass is 400 g/mol. The maximum Gasteiger partial charge on any atom is 0.238 e. The predicted molar refractivity (Wildman–Crippen MR) is 121 cm³/mol.